The molecule has 1 unspecified atom stereocenters. The lowest BCUT2D eigenvalue weighted by Crippen LogP contribution is -2.17. The molecular formula is C16H17BrN2OS. The molecule has 5 heteroatoms. The second-order valence-corrected chi connectivity index (χ2v) is 7.60. The number of halogens is 1. The lowest BCUT2D eigenvalue weighted by atomic mass is 9.88. The van der Waals surface area contributed by atoms with Crippen LogP contribution in [-0.4, -0.2) is 5.91 Å². The van der Waals surface area contributed by atoms with Crippen molar-refractivity contribution in [2.24, 2.45) is 5.92 Å². The predicted octanol–water partition coefficient (Wildman–Crippen LogP) is 4.47. The maximum Gasteiger partial charge on any atom is 0.258 e. The summed E-state index contributed by atoms with van der Waals surface area (Å²) in [5.74, 6) is 0.583. The number of nitrogens with two attached hydrogens (primary N) is 1. The van der Waals surface area contributed by atoms with E-state index in [1.54, 1.807) is 11.3 Å². The van der Waals surface area contributed by atoms with Crippen LogP contribution in [0.5, 0.6) is 0 Å². The zero-order valence-electron chi connectivity index (χ0n) is 11.8. The van der Waals surface area contributed by atoms with Gasteiger partial charge in [-0.05, 0) is 55.0 Å². The zero-order chi connectivity index (χ0) is 15.0. The summed E-state index contributed by atoms with van der Waals surface area (Å²) in [6.45, 7) is 2.25. The highest BCUT2D eigenvalue weighted by Gasteiger charge is 2.26. The number of carbonyl (C=O) groups is 1. The van der Waals surface area contributed by atoms with Crippen LogP contribution in [0.25, 0.3) is 0 Å². The molecule has 1 aliphatic carbocycles. The number of nitrogens with one attached hydrogen (secondary N) is 1. The molecule has 21 heavy (non-hydrogen) atoms. The van der Waals surface area contributed by atoms with Gasteiger partial charge in [0.1, 0.15) is 0 Å². The molecule has 0 saturated heterocycles. The highest BCUT2D eigenvalue weighted by Crippen LogP contribution is 2.38. The molecule has 0 bridgehead atoms. The first kappa shape index (κ1) is 14.6. The summed E-state index contributed by atoms with van der Waals surface area (Å²) < 4.78 is 0.988. The van der Waals surface area contributed by atoms with Crippen molar-refractivity contribution >= 4 is 43.9 Å². The Morgan fingerprint density at radius 2 is 2.10 bits per heavy atom. The van der Waals surface area contributed by atoms with Crippen LogP contribution in [0.4, 0.5) is 10.7 Å². The molecule has 3 N–H and O–H groups in total. The molecule has 2 aromatic rings. The van der Waals surface area contributed by atoms with E-state index in [1.807, 2.05) is 24.3 Å². The second-order valence-electron chi connectivity index (χ2n) is 5.55. The van der Waals surface area contributed by atoms with Crippen LogP contribution in [0.15, 0.2) is 28.7 Å². The Labute approximate surface area is 136 Å². The van der Waals surface area contributed by atoms with E-state index in [0.29, 0.717) is 16.5 Å². The van der Waals surface area contributed by atoms with E-state index in [9.17, 15) is 4.79 Å². The van der Waals surface area contributed by atoms with Gasteiger partial charge in [-0.25, -0.2) is 0 Å². The monoisotopic (exact) mass is 364 g/mol. The summed E-state index contributed by atoms with van der Waals surface area (Å²) in [6, 6.07) is 7.56. The Balaban J connectivity index is 1.86. The van der Waals surface area contributed by atoms with Crippen molar-refractivity contribution in [2.45, 2.75) is 26.2 Å². The summed E-state index contributed by atoms with van der Waals surface area (Å²) in [5, 5.41) is 3.58. The standard InChI is InChI=1S/C16H17BrN2OS/c1-9-2-7-12-13(8-9)21-15(18)14(12)16(20)19-11-5-3-10(17)4-6-11/h3-6,9H,2,7-8,18H2,1H3,(H,19,20). The van der Waals surface area contributed by atoms with Crippen molar-refractivity contribution in [3.63, 3.8) is 0 Å². The van der Waals surface area contributed by atoms with Gasteiger partial charge in [-0.2, -0.15) is 0 Å². The predicted molar refractivity (Wildman–Crippen MR) is 92.0 cm³/mol. The molecule has 0 spiro atoms. The zero-order valence-corrected chi connectivity index (χ0v) is 14.2. The summed E-state index contributed by atoms with van der Waals surface area (Å²) in [6.07, 6.45) is 3.12. The fourth-order valence-corrected chi connectivity index (χ4v) is 4.29. The molecule has 0 saturated carbocycles. The largest absolute Gasteiger partial charge is 0.390 e. The average molecular weight is 365 g/mol. The number of thiophene rings is 1. The van der Waals surface area contributed by atoms with Gasteiger partial charge < -0.3 is 11.1 Å². The van der Waals surface area contributed by atoms with E-state index >= 15 is 0 Å². The maximum absolute atomic E-state index is 12.5. The van der Waals surface area contributed by atoms with Gasteiger partial charge in [-0.1, -0.05) is 22.9 Å². The fraction of sp³-hybridized carbons (Fsp3) is 0.312. The van der Waals surface area contributed by atoms with Crippen molar-refractivity contribution in [2.75, 3.05) is 11.1 Å². The fourth-order valence-electron chi connectivity index (χ4n) is 2.75. The van der Waals surface area contributed by atoms with E-state index in [4.69, 9.17) is 5.73 Å². The SMILES string of the molecule is CC1CCc2c(sc(N)c2C(=O)Nc2ccc(Br)cc2)C1. The van der Waals surface area contributed by atoms with Gasteiger partial charge in [0, 0.05) is 15.0 Å². The molecule has 110 valence electrons. The quantitative estimate of drug-likeness (QED) is 0.825. The molecule has 1 aliphatic rings. The average Bonchev–Trinajstić information content (AvgIpc) is 2.76. The summed E-state index contributed by atoms with van der Waals surface area (Å²) in [5.41, 5.74) is 8.72. The third-order valence-electron chi connectivity index (χ3n) is 3.87. The van der Waals surface area contributed by atoms with Crippen LogP contribution in [-0.2, 0) is 12.8 Å². The van der Waals surface area contributed by atoms with E-state index in [1.165, 1.54) is 4.88 Å². The van der Waals surface area contributed by atoms with E-state index < -0.39 is 0 Å². The van der Waals surface area contributed by atoms with Crippen molar-refractivity contribution in [1.82, 2.24) is 0 Å². The van der Waals surface area contributed by atoms with Crippen LogP contribution in [0.2, 0.25) is 0 Å². The maximum atomic E-state index is 12.5. The summed E-state index contributed by atoms with van der Waals surface area (Å²) in [7, 11) is 0. The molecule has 0 aliphatic heterocycles. The molecule has 1 aromatic heterocycles. The number of amides is 1. The minimum Gasteiger partial charge on any atom is -0.390 e. The van der Waals surface area contributed by atoms with Crippen LogP contribution >= 0.6 is 27.3 Å². The van der Waals surface area contributed by atoms with E-state index in [0.717, 1.165) is 35.0 Å². The number of anilines is 2. The first-order valence-corrected chi connectivity index (χ1v) is 8.62. The topological polar surface area (TPSA) is 55.1 Å². The molecule has 1 heterocycles. The van der Waals surface area contributed by atoms with Crippen LogP contribution in [0.3, 0.4) is 0 Å². The minimum absolute atomic E-state index is 0.0955. The van der Waals surface area contributed by atoms with Crippen LogP contribution in [0, 0.1) is 5.92 Å². The Morgan fingerprint density at radius 3 is 2.81 bits per heavy atom. The van der Waals surface area contributed by atoms with Crippen molar-refractivity contribution in [3.8, 4) is 0 Å². The van der Waals surface area contributed by atoms with Crippen molar-refractivity contribution < 1.29 is 4.79 Å². The van der Waals surface area contributed by atoms with Gasteiger partial charge in [0.2, 0.25) is 0 Å². The highest BCUT2D eigenvalue weighted by molar-refractivity contribution is 9.10. The van der Waals surface area contributed by atoms with E-state index in [2.05, 4.69) is 28.2 Å². The molecule has 1 atom stereocenters. The highest BCUT2D eigenvalue weighted by atomic mass is 79.9. The minimum atomic E-state index is -0.0955. The van der Waals surface area contributed by atoms with Gasteiger partial charge in [0.05, 0.1) is 10.6 Å². The second kappa shape index (κ2) is 5.81. The summed E-state index contributed by atoms with van der Waals surface area (Å²) in [4.78, 5) is 13.8. The first-order chi connectivity index (χ1) is 10.0. The van der Waals surface area contributed by atoms with Gasteiger partial charge >= 0.3 is 0 Å². The number of nitrogen functional groups attached to an aromatic ring is 1. The van der Waals surface area contributed by atoms with Gasteiger partial charge in [-0.3, -0.25) is 4.79 Å². The lowest BCUT2D eigenvalue weighted by Gasteiger charge is -2.18. The number of fused-ring (bicyclic) bond motifs is 1. The molecule has 3 nitrogen and oxygen atoms in total. The lowest BCUT2D eigenvalue weighted by molar-refractivity contribution is 0.102. The van der Waals surface area contributed by atoms with Crippen LogP contribution in [0.1, 0.15) is 34.1 Å². The molecular weight excluding hydrogens is 348 g/mol. The third kappa shape index (κ3) is 2.99. The smallest absolute Gasteiger partial charge is 0.258 e. The van der Waals surface area contributed by atoms with Gasteiger partial charge in [0.25, 0.3) is 5.91 Å². The van der Waals surface area contributed by atoms with Crippen LogP contribution < -0.4 is 11.1 Å². The van der Waals surface area contributed by atoms with E-state index in [-0.39, 0.29) is 5.91 Å². The molecule has 0 radical (unpaired) electrons. The van der Waals surface area contributed by atoms with Crippen molar-refractivity contribution in [1.29, 1.82) is 0 Å². The normalized spacial score (nSPS) is 17.3. The van der Waals surface area contributed by atoms with Gasteiger partial charge in [-0.15, -0.1) is 11.3 Å². The number of rotatable bonds is 2. The third-order valence-corrected chi connectivity index (χ3v) is 5.48. The number of carbonyl (C=O) groups excluding carboxylic acids is 1. The Kier molecular flexibility index (Phi) is 4.04. The Hall–Kier alpha value is -1.33. The Morgan fingerprint density at radius 1 is 1.38 bits per heavy atom. The van der Waals surface area contributed by atoms with Gasteiger partial charge in [0.15, 0.2) is 0 Å². The Bertz CT molecular complexity index is 678. The molecule has 1 amide bonds. The first-order valence-electron chi connectivity index (χ1n) is 7.01. The number of hydrogen-bond acceptors (Lipinski definition) is 3. The molecule has 1 aromatic carbocycles. The van der Waals surface area contributed by atoms with Crippen molar-refractivity contribution in [3.05, 3.63) is 44.7 Å². The summed E-state index contributed by atoms with van der Waals surface area (Å²) >= 11 is 4.96. The molecule has 0 fully saturated rings. The number of hydrogen-bond donors (Lipinski definition) is 2. The molecule has 3 rings (SSSR count). The number of benzene rings is 1.